The number of carbonyl (C=O) groups excluding carboxylic acids is 1. The number of hydrogen-bond donors (Lipinski definition) is 1. The number of nitrogens with zero attached hydrogens (tertiary/aromatic N) is 1. The van der Waals surface area contributed by atoms with E-state index in [9.17, 15) is 4.79 Å². The lowest BCUT2D eigenvalue weighted by Crippen LogP contribution is -2.49. The normalized spacial score (nSPS) is 23.6. The summed E-state index contributed by atoms with van der Waals surface area (Å²) < 4.78 is 11.5. The Bertz CT molecular complexity index is 569. The SMILES string of the molecule is CCCCOc1ccc(NC(=O)O[C@@H]2CCCC[C@H]2N2CCCCC2)cc1. The molecule has 1 aliphatic carbocycles. The van der Waals surface area contributed by atoms with Crippen molar-refractivity contribution in [3.05, 3.63) is 24.3 Å². The minimum atomic E-state index is -0.344. The molecular weight excluding hydrogens is 340 g/mol. The van der Waals surface area contributed by atoms with Crippen LogP contribution in [0.25, 0.3) is 0 Å². The molecule has 5 nitrogen and oxygen atoms in total. The first-order valence-electron chi connectivity index (χ1n) is 10.7. The average Bonchev–Trinajstić information content (AvgIpc) is 2.70. The minimum Gasteiger partial charge on any atom is -0.494 e. The summed E-state index contributed by atoms with van der Waals surface area (Å²) in [5, 5.41) is 2.87. The van der Waals surface area contributed by atoms with E-state index in [1.165, 1.54) is 25.7 Å². The maximum Gasteiger partial charge on any atom is 0.411 e. The number of benzene rings is 1. The minimum absolute atomic E-state index is 0.00787. The van der Waals surface area contributed by atoms with E-state index in [0.717, 1.165) is 63.2 Å². The van der Waals surface area contributed by atoms with Gasteiger partial charge in [0.05, 0.1) is 6.61 Å². The summed E-state index contributed by atoms with van der Waals surface area (Å²) in [6.45, 7) is 5.16. The molecule has 0 aromatic heterocycles. The third-order valence-corrected chi connectivity index (χ3v) is 5.65. The number of unbranched alkanes of at least 4 members (excludes halogenated alkanes) is 1. The van der Waals surface area contributed by atoms with Crippen LogP contribution in [0.15, 0.2) is 24.3 Å². The molecule has 27 heavy (non-hydrogen) atoms. The fourth-order valence-corrected chi connectivity index (χ4v) is 4.14. The van der Waals surface area contributed by atoms with Crippen LogP contribution in [0.4, 0.5) is 10.5 Å². The van der Waals surface area contributed by atoms with Gasteiger partial charge in [0.25, 0.3) is 0 Å². The molecular formula is C22H34N2O3. The van der Waals surface area contributed by atoms with Gasteiger partial charge in [-0.25, -0.2) is 4.79 Å². The molecule has 1 aliphatic heterocycles. The van der Waals surface area contributed by atoms with E-state index in [1.807, 2.05) is 24.3 Å². The van der Waals surface area contributed by atoms with Gasteiger partial charge in [-0.05, 0) is 75.9 Å². The van der Waals surface area contributed by atoms with Gasteiger partial charge in [0.2, 0.25) is 0 Å². The topological polar surface area (TPSA) is 50.8 Å². The Morgan fingerprint density at radius 1 is 1.07 bits per heavy atom. The van der Waals surface area contributed by atoms with E-state index in [1.54, 1.807) is 0 Å². The number of carbonyl (C=O) groups is 1. The number of ether oxygens (including phenoxy) is 2. The van der Waals surface area contributed by atoms with Gasteiger partial charge >= 0.3 is 6.09 Å². The van der Waals surface area contributed by atoms with Crippen LogP contribution < -0.4 is 10.1 Å². The number of anilines is 1. The Labute approximate surface area is 163 Å². The van der Waals surface area contributed by atoms with Crippen molar-refractivity contribution in [2.24, 2.45) is 0 Å². The molecule has 1 aromatic carbocycles. The molecule has 0 spiro atoms. The zero-order chi connectivity index (χ0) is 18.9. The molecule has 0 bridgehead atoms. The van der Waals surface area contributed by atoms with Crippen LogP contribution in [0.3, 0.4) is 0 Å². The third-order valence-electron chi connectivity index (χ3n) is 5.65. The second-order valence-electron chi connectivity index (χ2n) is 7.74. The van der Waals surface area contributed by atoms with Gasteiger partial charge in [-0.3, -0.25) is 10.2 Å². The summed E-state index contributed by atoms with van der Waals surface area (Å²) in [5.74, 6) is 0.833. The van der Waals surface area contributed by atoms with Crippen LogP contribution in [0.1, 0.15) is 64.7 Å². The second-order valence-corrected chi connectivity index (χ2v) is 7.74. The second kappa shape index (κ2) is 10.5. The highest BCUT2D eigenvalue weighted by atomic mass is 16.6. The first kappa shape index (κ1) is 20.0. The molecule has 0 radical (unpaired) electrons. The number of rotatable bonds is 7. The number of likely N-dealkylation sites (tertiary alicyclic amines) is 1. The molecule has 1 saturated carbocycles. The van der Waals surface area contributed by atoms with Crippen molar-refractivity contribution >= 4 is 11.8 Å². The number of hydrogen-bond acceptors (Lipinski definition) is 4. The fraction of sp³-hybridized carbons (Fsp3) is 0.682. The van der Waals surface area contributed by atoms with Gasteiger partial charge in [0.15, 0.2) is 0 Å². The smallest absolute Gasteiger partial charge is 0.411 e. The number of piperidine rings is 1. The highest BCUT2D eigenvalue weighted by Gasteiger charge is 2.33. The lowest BCUT2D eigenvalue weighted by atomic mass is 9.90. The predicted octanol–water partition coefficient (Wildman–Crippen LogP) is 5.21. The molecule has 2 atom stereocenters. The van der Waals surface area contributed by atoms with E-state index in [2.05, 4.69) is 17.1 Å². The highest BCUT2D eigenvalue weighted by Crippen LogP contribution is 2.28. The summed E-state index contributed by atoms with van der Waals surface area (Å²) in [4.78, 5) is 15.0. The predicted molar refractivity (Wildman–Crippen MR) is 108 cm³/mol. The molecule has 5 heteroatoms. The summed E-state index contributed by atoms with van der Waals surface area (Å²) in [5.41, 5.74) is 0.744. The van der Waals surface area contributed by atoms with Gasteiger partial charge in [-0.15, -0.1) is 0 Å². The molecule has 2 fully saturated rings. The molecule has 0 unspecified atom stereocenters. The molecule has 3 rings (SSSR count). The Morgan fingerprint density at radius 2 is 1.81 bits per heavy atom. The quantitative estimate of drug-likeness (QED) is 0.666. The molecule has 1 N–H and O–H groups in total. The van der Waals surface area contributed by atoms with E-state index in [0.29, 0.717) is 6.04 Å². The Morgan fingerprint density at radius 3 is 2.56 bits per heavy atom. The van der Waals surface area contributed by atoms with Gasteiger partial charge in [-0.2, -0.15) is 0 Å². The summed E-state index contributed by atoms with van der Waals surface area (Å²) in [6.07, 6.45) is 10.2. The van der Waals surface area contributed by atoms with Gasteiger partial charge in [0, 0.05) is 11.7 Å². The van der Waals surface area contributed by atoms with Crippen molar-refractivity contribution < 1.29 is 14.3 Å². The van der Waals surface area contributed by atoms with Crippen LogP contribution in [0.2, 0.25) is 0 Å². The van der Waals surface area contributed by atoms with Gasteiger partial charge in [-0.1, -0.05) is 26.2 Å². The van der Waals surface area contributed by atoms with Crippen molar-refractivity contribution in [2.75, 3.05) is 25.0 Å². The van der Waals surface area contributed by atoms with Crippen molar-refractivity contribution in [3.63, 3.8) is 0 Å². The number of amides is 1. The molecule has 1 heterocycles. The van der Waals surface area contributed by atoms with Gasteiger partial charge < -0.3 is 9.47 Å². The van der Waals surface area contributed by atoms with E-state index in [4.69, 9.17) is 9.47 Å². The largest absolute Gasteiger partial charge is 0.494 e. The lowest BCUT2D eigenvalue weighted by molar-refractivity contribution is 0.00174. The standard InChI is InChI=1S/C22H34N2O3/c1-2-3-17-26-19-13-11-18(12-14-19)23-22(25)27-21-10-6-5-9-20(21)24-15-7-4-8-16-24/h11-14,20-21H,2-10,15-17H2,1H3,(H,23,25)/t20-,21-/m1/s1. The molecule has 1 aromatic rings. The first-order valence-corrected chi connectivity index (χ1v) is 10.7. The third kappa shape index (κ3) is 6.13. The van der Waals surface area contributed by atoms with Crippen LogP contribution >= 0.6 is 0 Å². The lowest BCUT2D eigenvalue weighted by Gasteiger charge is -2.41. The van der Waals surface area contributed by atoms with E-state index < -0.39 is 0 Å². The van der Waals surface area contributed by atoms with Crippen LogP contribution in [-0.4, -0.2) is 42.8 Å². The average molecular weight is 375 g/mol. The zero-order valence-electron chi connectivity index (χ0n) is 16.6. The fourth-order valence-electron chi connectivity index (χ4n) is 4.14. The first-order chi connectivity index (χ1) is 13.3. The number of nitrogens with one attached hydrogen (secondary N) is 1. The Kier molecular flexibility index (Phi) is 7.81. The summed E-state index contributed by atoms with van der Waals surface area (Å²) >= 11 is 0. The molecule has 1 saturated heterocycles. The van der Waals surface area contributed by atoms with Crippen LogP contribution in [0, 0.1) is 0 Å². The summed E-state index contributed by atoms with van der Waals surface area (Å²) in [6, 6.07) is 7.90. The molecule has 2 aliphatic rings. The molecule has 150 valence electrons. The monoisotopic (exact) mass is 374 g/mol. The van der Waals surface area contributed by atoms with Crippen molar-refractivity contribution in [3.8, 4) is 5.75 Å². The van der Waals surface area contributed by atoms with E-state index >= 15 is 0 Å². The van der Waals surface area contributed by atoms with Gasteiger partial charge in [0.1, 0.15) is 11.9 Å². The van der Waals surface area contributed by atoms with Crippen molar-refractivity contribution in [1.29, 1.82) is 0 Å². The van der Waals surface area contributed by atoms with Crippen molar-refractivity contribution in [1.82, 2.24) is 4.90 Å². The van der Waals surface area contributed by atoms with E-state index in [-0.39, 0.29) is 12.2 Å². The Hall–Kier alpha value is -1.75. The van der Waals surface area contributed by atoms with Crippen LogP contribution in [-0.2, 0) is 4.74 Å². The zero-order valence-corrected chi connectivity index (χ0v) is 16.6. The Balaban J connectivity index is 1.49. The highest BCUT2D eigenvalue weighted by molar-refractivity contribution is 5.84. The summed E-state index contributed by atoms with van der Waals surface area (Å²) in [7, 11) is 0. The van der Waals surface area contributed by atoms with Crippen LogP contribution in [0.5, 0.6) is 5.75 Å². The maximum atomic E-state index is 12.4. The van der Waals surface area contributed by atoms with Crippen molar-refractivity contribution in [2.45, 2.75) is 76.9 Å². The molecule has 1 amide bonds. The maximum absolute atomic E-state index is 12.4.